The number of benzene rings is 2. The first-order chi connectivity index (χ1) is 9.58. The number of carbonyl (C=O) groups is 1. The Bertz CT molecular complexity index is 638. The Morgan fingerprint density at radius 1 is 1.15 bits per heavy atom. The highest BCUT2D eigenvalue weighted by Gasteiger charge is 2.07. The van der Waals surface area contributed by atoms with Crippen molar-refractivity contribution in [2.75, 3.05) is 0 Å². The third-order valence-corrected chi connectivity index (χ3v) is 3.12. The van der Waals surface area contributed by atoms with Gasteiger partial charge in [-0.1, -0.05) is 24.3 Å². The second-order valence-corrected chi connectivity index (χ2v) is 4.62. The number of thiol groups is 1. The number of aromatic carboxylic acids is 1. The molecule has 102 valence electrons. The quantitative estimate of drug-likeness (QED) is 0.459. The molecule has 0 spiro atoms. The third-order valence-electron chi connectivity index (χ3n) is 2.73. The Morgan fingerprint density at radius 3 is 2.40 bits per heavy atom. The van der Waals surface area contributed by atoms with Crippen LogP contribution in [0.15, 0.2) is 53.4 Å². The van der Waals surface area contributed by atoms with Gasteiger partial charge in [0.05, 0.1) is 5.56 Å². The second-order valence-electron chi connectivity index (χ2n) is 4.14. The number of nitrogens with one attached hydrogen (secondary N) is 1. The van der Waals surface area contributed by atoms with Crippen LogP contribution in [0.25, 0.3) is 0 Å². The molecule has 2 N–H and O–H groups in total. The molecule has 0 radical (unpaired) electrons. The third kappa shape index (κ3) is 3.39. The van der Waals surface area contributed by atoms with Crippen LogP contribution in [-0.4, -0.2) is 17.0 Å². The standard InChI is InChI=1S/C15H13NO3S/c16-14(12-3-1-2-4-13(12)20)19-9-10-5-7-11(8-6-10)15(17)18/h1-8,16,20H,9H2,(H,17,18). The highest BCUT2D eigenvalue weighted by Crippen LogP contribution is 2.15. The van der Waals surface area contributed by atoms with E-state index in [1.54, 1.807) is 24.3 Å². The smallest absolute Gasteiger partial charge is 0.335 e. The number of carboxylic acid groups (broad SMARTS) is 1. The number of ether oxygens (including phenoxy) is 1. The summed E-state index contributed by atoms with van der Waals surface area (Å²) in [6.07, 6.45) is 0. The lowest BCUT2D eigenvalue weighted by atomic mass is 10.1. The van der Waals surface area contributed by atoms with Gasteiger partial charge in [-0.2, -0.15) is 0 Å². The van der Waals surface area contributed by atoms with Gasteiger partial charge in [0.2, 0.25) is 5.90 Å². The molecule has 0 fully saturated rings. The maximum Gasteiger partial charge on any atom is 0.335 e. The molecule has 0 bridgehead atoms. The summed E-state index contributed by atoms with van der Waals surface area (Å²) >= 11 is 4.27. The zero-order valence-electron chi connectivity index (χ0n) is 10.5. The van der Waals surface area contributed by atoms with Crippen LogP contribution in [-0.2, 0) is 11.3 Å². The molecule has 5 heteroatoms. The average Bonchev–Trinajstić information content (AvgIpc) is 2.45. The van der Waals surface area contributed by atoms with Gasteiger partial charge in [0.1, 0.15) is 6.61 Å². The summed E-state index contributed by atoms with van der Waals surface area (Å²) in [7, 11) is 0. The molecule has 0 aliphatic heterocycles. The minimum Gasteiger partial charge on any atom is -0.478 e. The summed E-state index contributed by atoms with van der Waals surface area (Å²) in [5.41, 5.74) is 1.65. The largest absolute Gasteiger partial charge is 0.478 e. The van der Waals surface area contributed by atoms with E-state index in [0.29, 0.717) is 10.5 Å². The summed E-state index contributed by atoms with van der Waals surface area (Å²) in [4.78, 5) is 11.4. The highest BCUT2D eigenvalue weighted by atomic mass is 32.1. The highest BCUT2D eigenvalue weighted by molar-refractivity contribution is 7.80. The van der Waals surface area contributed by atoms with Crippen molar-refractivity contribution in [1.82, 2.24) is 0 Å². The first kappa shape index (κ1) is 14.1. The van der Waals surface area contributed by atoms with Crippen LogP contribution >= 0.6 is 12.6 Å². The van der Waals surface area contributed by atoms with E-state index in [9.17, 15) is 4.79 Å². The fourth-order valence-electron chi connectivity index (χ4n) is 1.64. The Balaban J connectivity index is 2.00. The van der Waals surface area contributed by atoms with Gasteiger partial charge in [-0.25, -0.2) is 4.79 Å². The molecular formula is C15H13NO3S. The summed E-state index contributed by atoms with van der Waals surface area (Å²) < 4.78 is 5.38. The van der Waals surface area contributed by atoms with Crippen molar-refractivity contribution in [1.29, 1.82) is 5.41 Å². The molecule has 4 nitrogen and oxygen atoms in total. The van der Waals surface area contributed by atoms with Crippen LogP contribution in [0.5, 0.6) is 0 Å². The topological polar surface area (TPSA) is 70.4 Å². The lowest BCUT2D eigenvalue weighted by Gasteiger charge is -2.09. The van der Waals surface area contributed by atoms with Gasteiger partial charge < -0.3 is 9.84 Å². The van der Waals surface area contributed by atoms with Crippen LogP contribution in [0.1, 0.15) is 21.5 Å². The first-order valence-corrected chi connectivity index (χ1v) is 6.34. The fourth-order valence-corrected chi connectivity index (χ4v) is 1.90. The average molecular weight is 287 g/mol. The van der Waals surface area contributed by atoms with E-state index < -0.39 is 5.97 Å². The monoisotopic (exact) mass is 287 g/mol. The van der Waals surface area contributed by atoms with Crippen molar-refractivity contribution in [2.45, 2.75) is 11.5 Å². The Kier molecular flexibility index (Phi) is 4.42. The zero-order valence-corrected chi connectivity index (χ0v) is 11.4. The van der Waals surface area contributed by atoms with Crippen molar-refractivity contribution in [2.24, 2.45) is 0 Å². The van der Waals surface area contributed by atoms with Crippen molar-refractivity contribution >= 4 is 24.5 Å². The first-order valence-electron chi connectivity index (χ1n) is 5.90. The maximum atomic E-state index is 10.7. The molecular weight excluding hydrogens is 274 g/mol. The van der Waals surface area contributed by atoms with Crippen molar-refractivity contribution in [3.8, 4) is 0 Å². The van der Waals surface area contributed by atoms with E-state index in [-0.39, 0.29) is 18.1 Å². The van der Waals surface area contributed by atoms with Gasteiger partial charge >= 0.3 is 5.97 Å². The second kappa shape index (κ2) is 6.25. The van der Waals surface area contributed by atoms with Gasteiger partial charge in [-0.15, -0.1) is 12.6 Å². The molecule has 2 rings (SSSR count). The lowest BCUT2D eigenvalue weighted by molar-refractivity contribution is 0.0697. The van der Waals surface area contributed by atoms with Crippen LogP contribution in [0.2, 0.25) is 0 Å². The van der Waals surface area contributed by atoms with Gasteiger partial charge in [0, 0.05) is 10.5 Å². The molecule has 0 saturated heterocycles. The lowest BCUT2D eigenvalue weighted by Crippen LogP contribution is -2.06. The SMILES string of the molecule is N=C(OCc1ccc(C(=O)O)cc1)c1ccccc1S. The van der Waals surface area contributed by atoms with Gasteiger partial charge in [-0.05, 0) is 29.8 Å². The fraction of sp³-hybridized carbons (Fsp3) is 0.0667. The molecule has 0 unspecified atom stereocenters. The van der Waals surface area contributed by atoms with Gasteiger partial charge in [-0.3, -0.25) is 5.41 Å². The predicted molar refractivity (Wildman–Crippen MR) is 78.7 cm³/mol. The molecule has 0 atom stereocenters. The molecule has 0 aromatic heterocycles. The molecule has 2 aromatic carbocycles. The summed E-state index contributed by atoms with van der Waals surface area (Å²) in [6.45, 7) is 0.209. The van der Waals surface area contributed by atoms with E-state index in [4.69, 9.17) is 15.3 Å². The van der Waals surface area contributed by atoms with Crippen molar-refractivity contribution < 1.29 is 14.6 Å². The molecule has 0 heterocycles. The number of hydrogen-bond acceptors (Lipinski definition) is 4. The maximum absolute atomic E-state index is 10.7. The van der Waals surface area contributed by atoms with E-state index in [2.05, 4.69) is 12.6 Å². The van der Waals surface area contributed by atoms with Crippen LogP contribution < -0.4 is 0 Å². The number of carboxylic acids is 1. The Labute approximate surface area is 121 Å². The minimum atomic E-state index is -0.964. The predicted octanol–water partition coefficient (Wildman–Crippen LogP) is 3.22. The molecule has 0 aliphatic rings. The number of rotatable bonds is 4. The van der Waals surface area contributed by atoms with E-state index >= 15 is 0 Å². The molecule has 2 aromatic rings. The van der Waals surface area contributed by atoms with Crippen LogP contribution in [0, 0.1) is 5.41 Å². The zero-order chi connectivity index (χ0) is 14.5. The van der Waals surface area contributed by atoms with Crippen molar-refractivity contribution in [3.63, 3.8) is 0 Å². The van der Waals surface area contributed by atoms with Crippen LogP contribution in [0.4, 0.5) is 0 Å². The molecule has 0 aliphatic carbocycles. The Morgan fingerprint density at radius 2 is 1.80 bits per heavy atom. The molecule has 20 heavy (non-hydrogen) atoms. The number of hydrogen-bond donors (Lipinski definition) is 3. The van der Waals surface area contributed by atoms with E-state index in [1.165, 1.54) is 12.1 Å². The summed E-state index contributed by atoms with van der Waals surface area (Å²) in [5.74, 6) is -0.924. The molecule has 0 amide bonds. The minimum absolute atomic E-state index is 0.0397. The van der Waals surface area contributed by atoms with E-state index in [0.717, 1.165) is 5.56 Å². The van der Waals surface area contributed by atoms with Crippen LogP contribution in [0.3, 0.4) is 0 Å². The van der Waals surface area contributed by atoms with Gasteiger partial charge in [0.25, 0.3) is 0 Å². The summed E-state index contributed by atoms with van der Waals surface area (Å²) in [6, 6.07) is 13.6. The molecule has 0 saturated carbocycles. The van der Waals surface area contributed by atoms with Crippen molar-refractivity contribution in [3.05, 3.63) is 65.2 Å². The van der Waals surface area contributed by atoms with E-state index in [1.807, 2.05) is 12.1 Å². The Hall–Kier alpha value is -2.27. The normalized spacial score (nSPS) is 10.1. The van der Waals surface area contributed by atoms with Gasteiger partial charge in [0.15, 0.2) is 0 Å². The summed E-state index contributed by atoms with van der Waals surface area (Å²) in [5, 5.41) is 16.7.